The Morgan fingerprint density at radius 2 is 0.788 bits per heavy atom. The van der Waals surface area contributed by atoms with Gasteiger partial charge in [-0.2, -0.15) is 0 Å². The van der Waals surface area contributed by atoms with Crippen molar-refractivity contribution in [1.82, 2.24) is 0 Å². The standard InChI is InChI=1S/C28H24O4S/c1-31-25-17-13-23(14-18-25)27(21-9-5-3-6-10-21)28(33(27,29)30,22-11-7-4-8-12-22)24-15-19-26(32-2)20-16-24/h3-20H,1-2H3. The SMILES string of the molecule is COc1ccc(C2(c3ccccc3)C(c3ccccc3)(c3ccc(OC)cc3)S2(=O)=O)cc1. The molecule has 2 unspecified atom stereocenters. The lowest BCUT2D eigenvalue weighted by Gasteiger charge is -2.23. The average molecular weight is 457 g/mol. The lowest BCUT2D eigenvalue weighted by molar-refractivity contribution is 0.414. The molecule has 0 N–H and O–H groups in total. The summed E-state index contributed by atoms with van der Waals surface area (Å²) < 4.78 is 37.1. The summed E-state index contributed by atoms with van der Waals surface area (Å²) in [7, 11) is -0.557. The number of ether oxygens (including phenoxy) is 2. The van der Waals surface area contributed by atoms with Crippen LogP contribution in [-0.4, -0.2) is 22.6 Å². The van der Waals surface area contributed by atoms with Gasteiger partial charge in [0.25, 0.3) is 0 Å². The van der Waals surface area contributed by atoms with E-state index in [1.807, 2.05) is 109 Å². The van der Waals surface area contributed by atoms with Crippen LogP contribution in [0.4, 0.5) is 0 Å². The molecule has 0 radical (unpaired) electrons. The number of methoxy groups -OCH3 is 2. The molecule has 166 valence electrons. The van der Waals surface area contributed by atoms with Crippen LogP contribution < -0.4 is 9.47 Å². The quantitative estimate of drug-likeness (QED) is 0.369. The van der Waals surface area contributed by atoms with Crippen LogP contribution in [0.5, 0.6) is 11.5 Å². The van der Waals surface area contributed by atoms with E-state index in [1.165, 1.54) is 0 Å². The third kappa shape index (κ3) is 2.72. The molecular weight excluding hydrogens is 432 g/mol. The van der Waals surface area contributed by atoms with Crippen molar-refractivity contribution in [2.24, 2.45) is 0 Å². The fourth-order valence-corrected chi connectivity index (χ4v) is 8.44. The van der Waals surface area contributed by atoms with E-state index in [1.54, 1.807) is 14.2 Å². The van der Waals surface area contributed by atoms with Gasteiger partial charge in [0.15, 0.2) is 19.3 Å². The Balaban J connectivity index is 1.89. The van der Waals surface area contributed by atoms with Gasteiger partial charge in [-0.05, 0) is 46.5 Å². The average Bonchev–Trinajstić information content (AvgIpc) is 3.36. The predicted octanol–water partition coefficient (Wildman–Crippen LogP) is 5.32. The van der Waals surface area contributed by atoms with Crippen LogP contribution in [0, 0.1) is 0 Å². The van der Waals surface area contributed by atoms with E-state index in [4.69, 9.17) is 9.47 Å². The van der Waals surface area contributed by atoms with Crippen molar-refractivity contribution in [3.8, 4) is 11.5 Å². The summed E-state index contributed by atoms with van der Waals surface area (Å²) >= 11 is 0. The molecule has 4 aromatic rings. The van der Waals surface area contributed by atoms with Crippen molar-refractivity contribution in [2.75, 3.05) is 14.2 Å². The minimum absolute atomic E-state index is 0.676. The topological polar surface area (TPSA) is 52.6 Å². The van der Waals surface area contributed by atoms with Crippen LogP contribution in [0.25, 0.3) is 0 Å². The van der Waals surface area contributed by atoms with Gasteiger partial charge in [-0.1, -0.05) is 84.9 Å². The van der Waals surface area contributed by atoms with Crippen LogP contribution >= 0.6 is 0 Å². The van der Waals surface area contributed by atoms with E-state index >= 15 is 0 Å². The summed E-state index contributed by atoms with van der Waals surface area (Å²) in [4.78, 5) is 0. The highest BCUT2D eigenvalue weighted by atomic mass is 32.2. The highest BCUT2D eigenvalue weighted by molar-refractivity contribution is 8.01. The van der Waals surface area contributed by atoms with Gasteiger partial charge in [0, 0.05) is 0 Å². The van der Waals surface area contributed by atoms with Crippen LogP contribution in [0.2, 0.25) is 0 Å². The molecule has 33 heavy (non-hydrogen) atoms. The zero-order valence-corrected chi connectivity index (χ0v) is 19.3. The Hall–Kier alpha value is -3.57. The predicted molar refractivity (Wildman–Crippen MR) is 129 cm³/mol. The van der Waals surface area contributed by atoms with Crippen molar-refractivity contribution in [1.29, 1.82) is 0 Å². The van der Waals surface area contributed by atoms with E-state index in [0.717, 1.165) is 11.1 Å². The molecule has 4 aromatic carbocycles. The molecule has 2 atom stereocenters. The molecule has 1 saturated heterocycles. The van der Waals surface area contributed by atoms with E-state index in [0.29, 0.717) is 22.6 Å². The highest BCUT2D eigenvalue weighted by Crippen LogP contribution is 2.74. The third-order valence-electron chi connectivity index (χ3n) is 6.61. The molecule has 1 aliphatic rings. The summed E-state index contributed by atoms with van der Waals surface area (Å²) in [5, 5.41) is 0. The minimum Gasteiger partial charge on any atom is -0.497 e. The van der Waals surface area contributed by atoms with E-state index in [9.17, 15) is 8.42 Å². The molecule has 0 bridgehead atoms. The number of hydrogen-bond acceptors (Lipinski definition) is 4. The normalized spacial score (nSPS) is 23.0. The van der Waals surface area contributed by atoms with Gasteiger partial charge in [-0.15, -0.1) is 0 Å². The van der Waals surface area contributed by atoms with E-state index in [-0.39, 0.29) is 0 Å². The third-order valence-corrected chi connectivity index (χ3v) is 9.58. The fourth-order valence-electron chi connectivity index (χ4n) is 5.17. The number of sulfone groups is 1. The maximum atomic E-state index is 14.5. The number of rotatable bonds is 6. The van der Waals surface area contributed by atoms with Gasteiger partial charge in [-0.25, -0.2) is 8.42 Å². The van der Waals surface area contributed by atoms with Crippen LogP contribution in [0.3, 0.4) is 0 Å². The summed E-state index contributed by atoms with van der Waals surface area (Å²) in [6, 6.07) is 33.6. The fraction of sp³-hybridized carbons (Fsp3) is 0.143. The Morgan fingerprint density at radius 3 is 1.09 bits per heavy atom. The van der Waals surface area contributed by atoms with Gasteiger partial charge in [0.05, 0.1) is 14.2 Å². The molecule has 0 saturated carbocycles. The van der Waals surface area contributed by atoms with Gasteiger partial charge >= 0.3 is 0 Å². The Morgan fingerprint density at radius 1 is 0.485 bits per heavy atom. The first-order valence-corrected chi connectivity index (χ1v) is 12.2. The molecule has 0 amide bonds. The van der Waals surface area contributed by atoms with E-state index < -0.39 is 19.3 Å². The lowest BCUT2D eigenvalue weighted by atomic mass is 9.74. The summed E-state index contributed by atoms with van der Waals surface area (Å²) in [5.74, 6) is 1.35. The zero-order chi connectivity index (χ0) is 23.1. The molecule has 5 heteroatoms. The molecule has 1 fully saturated rings. The second kappa shape index (κ2) is 7.78. The summed E-state index contributed by atoms with van der Waals surface area (Å²) in [6.07, 6.45) is 0. The molecule has 4 nitrogen and oxygen atoms in total. The van der Waals surface area contributed by atoms with Crippen LogP contribution in [0.15, 0.2) is 109 Å². The highest BCUT2D eigenvalue weighted by Gasteiger charge is 2.86. The van der Waals surface area contributed by atoms with Crippen molar-refractivity contribution >= 4 is 9.84 Å². The Bertz CT molecular complexity index is 1260. The Kier molecular flexibility index (Phi) is 5.02. The molecule has 0 aliphatic carbocycles. The van der Waals surface area contributed by atoms with Crippen molar-refractivity contribution < 1.29 is 17.9 Å². The molecular formula is C28H24O4S. The van der Waals surface area contributed by atoms with Gasteiger partial charge in [0.1, 0.15) is 11.5 Å². The second-order valence-electron chi connectivity index (χ2n) is 8.05. The van der Waals surface area contributed by atoms with Crippen LogP contribution in [-0.2, 0) is 19.3 Å². The van der Waals surface area contributed by atoms with Gasteiger partial charge < -0.3 is 9.47 Å². The monoisotopic (exact) mass is 456 g/mol. The molecule has 5 rings (SSSR count). The first-order chi connectivity index (χ1) is 16.0. The number of benzene rings is 4. The summed E-state index contributed by atoms with van der Waals surface area (Å²) in [5.41, 5.74) is 2.87. The zero-order valence-electron chi connectivity index (χ0n) is 18.4. The Labute approximate surface area is 194 Å². The summed E-state index contributed by atoms with van der Waals surface area (Å²) in [6.45, 7) is 0. The molecule has 1 heterocycles. The van der Waals surface area contributed by atoms with Gasteiger partial charge in [-0.3, -0.25) is 0 Å². The smallest absolute Gasteiger partial charge is 0.182 e. The first-order valence-electron chi connectivity index (χ1n) is 10.7. The van der Waals surface area contributed by atoms with Crippen molar-refractivity contribution in [3.63, 3.8) is 0 Å². The second-order valence-corrected chi connectivity index (χ2v) is 10.3. The van der Waals surface area contributed by atoms with E-state index in [2.05, 4.69) is 0 Å². The lowest BCUT2D eigenvalue weighted by Crippen LogP contribution is -2.25. The maximum absolute atomic E-state index is 14.5. The largest absolute Gasteiger partial charge is 0.497 e. The first kappa shape index (κ1) is 21.3. The van der Waals surface area contributed by atoms with Crippen LogP contribution in [0.1, 0.15) is 22.3 Å². The van der Waals surface area contributed by atoms with Crippen molar-refractivity contribution in [3.05, 3.63) is 131 Å². The van der Waals surface area contributed by atoms with Crippen molar-refractivity contribution in [2.45, 2.75) is 9.49 Å². The van der Waals surface area contributed by atoms with Gasteiger partial charge in [0.2, 0.25) is 0 Å². The maximum Gasteiger partial charge on any atom is 0.182 e. The number of hydrogen-bond donors (Lipinski definition) is 0. The molecule has 1 aliphatic heterocycles. The molecule has 0 spiro atoms. The minimum atomic E-state index is -3.75. The molecule has 0 aromatic heterocycles.